The average molecular weight is 272 g/mol. The lowest BCUT2D eigenvalue weighted by Gasteiger charge is -2.38. The van der Waals surface area contributed by atoms with Crippen molar-refractivity contribution in [3.63, 3.8) is 0 Å². The van der Waals surface area contributed by atoms with Gasteiger partial charge in [-0.1, -0.05) is 6.92 Å². The van der Waals surface area contributed by atoms with Gasteiger partial charge in [-0.25, -0.2) is 13.1 Å². The lowest BCUT2D eigenvalue weighted by Crippen LogP contribution is -2.55. The molecule has 0 radical (unpaired) electrons. The largest absolute Gasteiger partial charge is 0.329 e. The van der Waals surface area contributed by atoms with E-state index < -0.39 is 15.6 Å². The van der Waals surface area contributed by atoms with E-state index >= 15 is 0 Å². The number of aromatic amines is 1. The molecule has 1 aromatic heterocycles. The molecule has 0 aromatic carbocycles. The molecule has 6 nitrogen and oxygen atoms in total. The molecule has 0 saturated heterocycles. The molecule has 0 aliphatic heterocycles. The number of aromatic nitrogens is 2. The number of nitrogens with two attached hydrogens (primary N) is 1. The van der Waals surface area contributed by atoms with Gasteiger partial charge >= 0.3 is 0 Å². The van der Waals surface area contributed by atoms with Crippen molar-refractivity contribution in [2.75, 3.05) is 6.54 Å². The van der Waals surface area contributed by atoms with Crippen LogP contribution in [0.4, 0.5) is 0 Å². The molecule has 0 unspecified atom stereocenters. The van der Waals surface area contributed by atoms with Crippen molar-refractivity contribution in [2.45, 2.75) is 43.2 Å². The van der Waals surface area contributed by atoms with Crippen LogP contribution >= 0.6 is 0 Å². The highest BCUT2D eigenvalue weighted by molar-refractivity contribution is 7.89. The second kappa shape index (κ2) is 4.99. The van der Waals surface area contributed by atoms with Gasteiger partial charge in [-0.3, -0.25) is 5.10 Å². The highest BCUT2D eigenvalue weighted by Crippen LogP contribution is 2.32. The summed E-state index contributed by atoms with van der Waals surface area (Å²) >= 11 is 0. The fourth-order valence-electron chi connectivity index (χ4n) is 2.40. The van der Waals surface area contributed by atoms with Gasteiger partial charge in [0, 0.05) is 12.1 Å². The fourth-order valence-corrected chi connectivity index (χ4v) is 3.78. The van der Waals surface area contributed by atoms with Crippen LogP contribution in [0.15, 0.2) is 17.3 Å². The Bertz CT molecular complexity index is 475. The Labute approximate surface area is 107 Å². The van der Waals surface area contributed by atoms with E-state index in [0.717, 1.165) is 25.7 Å². The van der Waals surface area contributed by atoms with Crippen LogP contribution in [0.5, 0.6) is 0 Å². The normalized spacial score (nSPS) is 29.3. The Morgan fingerprint density at radius 3 is 2.72 bits per heavy atom. The maximum atomic E-state index is 12.2. The Morgan fingerprint density at radius 2 is 2.22 bits per heavy atom. The zero-order valence-corrected chi connectivity index (χ0v) is 11.3. The van der Waals surface area contributed by atoms with Gasteiger partial charge in [0.15, 0.2) is 5.03 Å². The van der Waals surface area contributed by atoms with E-state index in [2.05, 4.69) is 21.8 Å². The van der Waals surface area contributed by atoms with E-state index in [-0.39, 0.29) is 5.03 Å². The van der Waals surface area contributed by atoms with E-state index in [1.165, 1.54) is 12.3 Å². The highest BCUT2D eigenvalue weighted by Gasteiger charge is 2.37. The Balaban J connectivity index is 2.16. The van der Waals surface area contributed by atoms with Crippen LogP contribution in [-0.2, 0) is 10.0 Å². The van der Waals surface area contributed by atoms with Crippen molar-refractivity contribution in [2.24, 2.45) is 11.7 Å². The first kappa shape index (κ1) is 13.5. The van der Waals surface area contributed by atoms with E-state index in [1.54, 1.807) is 0 Å². The molecule has 1 aliphatic rings. The van der Waals surface area contributed by atoms with Crippen molar-refractivity contribution < 1.29 is 8.42 Å². The van der Waals surface area contributed by atoms with Crippen LogP contribution in [0, 0.1) is 5.92 Å². The fraction of sp³-hybridized carbons (Fsp3) is 0.727. The van der Waals surface area contributed by atoms with Gasteiger partial charge in [-0.15, -0.1) is 0 Å². The summed E-state index contributed by atoms with van der Waals surface area (Å²) in [5, 5.41) is 6.23. The number of nitrogens with one attached hydrogen (secondary N) is 2. The minimum atomic E-state index is -3.55. The monoisotopic (exact) mass is 272 g/mol. The summed E-state index contributed by atoms with van der Waals surface area (Å²) in [7, 11) is -3.55. The second-order valence-corrected chi connectivity index (χ2v) is 6.84. The molecule has 0 bridgehead atoms. The molecular formula is C11H20N4O2S. The van der Waals surface area contributed by atoms with Crippen molar-refractivity contribution in [1.29, 1.82) is 0 Å². The van der Waals surface area contributed by atoms with E-state index in [0.29, 0.717) is 12.5 Å². The molecular weight excluding hydrogens is 252 g/mol. The van der Waals surface area contributed by atoms with Crippen LogP contribution in [0.1, 0.15) is 32.6 Å². The second-order valence-electron chi connectivity index (χ2n) is 5.19. The molecule has 18 heavy (non-hydrogen) atoms. The number of nitrogens with zero attached hydrogens (tertiary/aromatic N) is 1. The Morgan fingerprint density at radius 1 is 1.56 bits per heavy atom. The lowest BCUT2D eigenvalue weighted by molar-refractivity contribution is 0.231. The molecule has 7 heteroatoms. The predicted octanol–water partition coefficient (Wildman–Crippen LogP) is 0.596. The molecule has 2 rings (SSSR count). The number of rotatable bonds is 4. The summed E-state index contributed by atoms with van der Waals surface area (Å²) in [5.74, 6) is 0.640. The molecule has 0 atom stereocenters. The number of hydrogen-bond acceptors (Lipinski definition) is 4. The molecule has 1 saturated carbocycles. The quantitative estimate of drug-likeness (QED) is 0.747. The van der Waals surface area contributed by atoms with E-state index in [4.69, 9.17) is 5.73 Å². The third kappa shape index (κ3) is 2.73. The first-order valence-electron chi connectivity index (χ1n) is 6.21. The molecule has 1 heterocycles. The lowest BCUT2D eigenvalue weighted by atomic mass is 9.78. The Kier molecular flexibility index (Phi) is 3.74. The summed E-state index contributed by atoms with van der Waals surface area (Å²) in [6.45, 7) is 2.51. The van der Waals surface area contributed by atoms with Gasteiger partial charge in [-0.05, 0) is 37.7 Å². The van der Waals surface area contributed by atoms with Gasteiger partial charge in [-0.2, -0.15) is 5.10 Å². The van der Waals surface area contributed by atoms with Gasteiger partial charge in [0.05, 0.1) is 6.20 Å². The minimum absolute atomic E-state index is 0.0916. The molecule has 1 aromatic rings. The zero-order valence-electron chi connectivity index (χ0n) is 10.5. The molecule has 1 aliphatic carbocycles. The summed E-state index contributed by atoms with van der Waals surface area (Å²) in [6, 6.07) is 1.44. The van der Waals surface area contributed by atoms with Crippen molar-refractivity contribution in [1.82, 2.24) is 14.9 Å². The number of H-pyrrole nitrogens is 1. The zero-order chi connectivity index (χ0) is 13.2. The van der Waals surface area contributed by atoms with Gasteiger partial charge in [0.1, 0.15) is 0 Å². The minimum Gasteiger partial charge on any atom is -0.329 e. The van der Waals surface area contributed by atoms with Crippen molar-refractivity contribution >= 4 is 10.0 Å². The molecule has 0 spiro atoms. The summed E-state index contributed by atoms with van der Waals surface area (Å²) in [4.78, 5) is 0. The summed E-state index contributed by atoms with van der Waals surface area (Å²) in [5.41, 5.74) is 5.29. The molecule has 0 amide bonds. The summed E-state index contributed by atoms with van der Waals surface area (Å²) < 4.78 is 27.1. The van der Waals surface area contributed by atoms with Crippen molar-refractivity contribution in [3.05, 3.63) is 12.3 Å². The predicted molar refractivity (Wildman–Crippen MR) is 68.3 cm³/mol. The smallest absolute Gasteiger partial charge is 0.258 e. The molecule has 4 N–H and O–H groups in total. The standard InChI is InChI=1S/C11H20N4O2S/c1-9-2-5-11(8-12,6-3-9)15-18(16,17)10-4-7-13-14-10/h4,7,9,15H,2-3,5-6,8,12H2,1H3,(H,13,14). The molecule has 1 fully saturated rings. The van der Waals surface area contributed by atoms with Crippen LogP contribution in [-0.4, -0.2) is 30.7 Å². The third-order valence-corrected chi connectivity index (χ3v) is 5.25. The van der Waals surface area contributed by atoms with Gasteiger partial charge < -0.3 is 5.73 Å². The van der Waals surface area contributed by atoms with Crippen LogP contribution in [0.25, 0.3) is 0 Å². The summed E-state index contributed by atoms with van der Waals surface area (Å²) in [6.07, 6.45) is 5.01. The molecule has 102 valence electrons. The Hall–Kier alpha value is -0.920. The highest BCUT2D eigenvalue weighted by atomic mass is 32.2. The average Bonchev–Trinajstić information content (AvgIpc) is 2.87. The number of hydrogen-bond donors (Lipinski definition) is 3. The number of sulfonamides is 1. The van der Waals surface area contributed by atoms with Gasteiger partial charge in [0.25, 0.3) is 10.0 Å². The first-order valence-corrected chi connectivity index (χ1v) is 7.69. The van der Waals surface area contributed by atoms with Crippen LogP contribution < -0.4 is 10.5 Å². The van der Waals surface area contributed by atoms with Crippen LogP contribution in [0.3, 0.4) is 0 Å². The SMILES string of the molecule is CC1CCC(CN)(NS(=O)(=O)c2ccn[nH]2)CC1. The van der Waals surface area contributed by atoms with Gasteiger partial charge in [0.2, 0.25) is 0 Å². The van der Waals surface area contributed by atoms with E-state index in [9.17, 15) is 8.42 Å². The first-order chi connectivity index (χ1) is 8.47. The van der Waals surface area contributed by atoms with Crippen LogP contribution in [0.2, 0.25) is 0 Å². The third-order valence-electron chi connectivity index (χ3n) is 3.74. The van der Waals surface area contributed by atoms with E-state index in [1.807, 2.05) is 0 Å². The van der Waals surface area contributed by atoms with Crippen molar-refractivity contribution in [3.8, 4) is 0 Å². The maximum absolute atomic E-state index is 12.2. The topological polar surface area (TPSA) is 101 Å². The maximum Gasteiger partial charge on any atom is 0.258 e.